The summed E-state index contributed by atoms with van der Waals surface area (Å²) in [5.41, 5.74) is 2.61. The first-order valence-corrected chi connectivity index (χ1v) is 5.96. The molecule has 18 heavy (non-hydrogen) atoms. The molecule has 0 saturated carbocycles. The topological polar surface area (TPSA) is 84.2 Å². The molecule has 0 aliphatic carbocycles. The fourth-order valence-electron chi connectivity index (χ4n) is 1.61. The summed E-state index contributed by atoms with van der Waals surface area (Å²) in [6.07, 6.45) is 0.771. The van der Waals surface area contributed by atoms with Crippen LogP contribution in [0.1, 0.15) is 30.6 Å². The summed E-state index contributed by atoms with van der Waals surface area (Å²) >= 11 is 0. The van der Waals surface area contributed by atoms with Crippen LogP contribution in [0.4, 0.5) is 0 Å². The van der Waals surface area contributed by atoms with E-state index in [-0.39, 0.29) is 17.7 Å². The molecule has 5 nitrogen and oxygen atoms in total. The highest BCUT2D eigenvalue weighted by Crippen LogP contribution is 2.09. The Hall–Kier alpha value is -1.88. The van der Waals surface area contributed by atoms with Crippen molar-refractivity contribution in [3.05, 3.63) is 35.9 Å². The molecule has 1 rings (SSSR count). The summed E-state index contributed by atoms with van der Waals surface area (Å²) in [7, 11) is 0. The molecule has 5 heteroatoms. The highest BCUT2D eigenvalue weighted by Gasteiger charge is 2.25. The Labute approximate surface area is 107 Å². The minimum Gasteiger partial charge on any atom is -0.340 e. The average Bonchev–Trinajstić information content (AvgIpc) is 2.43. The predicted octanol–water partition coefficient (Wildman–Crippen LogP) is 0.821. The van der Waals surface area contributed by atoms with E-state index in [0.29, 0.717) is 5.56 Å². The third-order valence-electron chi connectivity index (χ3n) is 2.96. The van der Waals surface area contributed by atoms with Crippen LogP contribution in [-0.2, 0) is 4.79 Å². The van der Waals surface area contributed by atoms with Gasteiger partial charge in [0.25, 0.3) is 11.8 Å². The zero-order valence-electron chi connectivity index (χ0n) is 10.6. The van der Waals surface area contributed by atoms with Crippen LogP contribution in [0.15, 0.2) is 30.3 Å². The van der Waals surface area contributed by atoms with E-state index < -0.39 is 6.04 Å². The summed E-state index contributed by atoms with van der Waals surface area (Å²) in [5.74, 6) is 4.49. The molecule has 0 aliphatic heterocycles. The number of hydrazine groups is 1. The summed E-state index contributed by atoms with van der Waals surface area (Å²) in [6, 6.07) is 8.15. The van der Waals surface area contributed by atoms with Crippen LogP contribution in [0.3, 0.4) is 0 Å². The first-order valence-electron chi connectivity index (χ1n) is 5.96. The normalized spacial score (nSPS) is 13.5. The minimum atomic E-state index is -0.618. The van der Waals surface area contributed by atoms with Gasteiger partial charge in [0.05, 0.1) is 0 Å². The van der Waals surface area contributed by atoms with E-state index in [9.17, 15) is 9.59 Å². The number of nitrogens with one attached hydrogen (secondary N) is 2. The molecule has 1 aromatic rings. The molecule has 0 spiro atoms. The Morgan fingerprint density at radius 1 is 1.28 bits per heavy atom. The quantitative estimate of drug-likeness (QED) is 0.410. The summed E-state index contributed by atoms with van der Waals surface area (Å²) in [5, 5.41) is 2.70. The second-order valence-corrected chi connectivity index (χ2v) is 4.21. The molecule has 0 bridgehead atoms. The second-order valence-electron chi connectivity index (χ2n) is 4.21. The van der Waals surface area contributed by atoms with Crippen LogP contribution in [0.5, 0.6) is 0 Å². The van der Waals surface area contributed by atoms with Crippen molar-refractivity contribution in [3.8, 4) is 0 Å². The molecule has 0 fully saturated rings. The van der Waals surface area contributed by atoms with Crippen LogP contribution in [0.25, 0.3) is 0 Å². The lowest BCUT2D eigenvalue weighted by atomic mass is 9.98. The predicted molar refractivity (Wildman–Crippen MR) is 69.5 cm³/mol. The van der Waals surface area contributed by atoms with Crippen molar-refractivity contribution in [1.82, 2.24) is 10.7 Å². The van der Waals surface area contributed by atoms with Gasteiger partial charge >= 0.3 is 0 Å². The molecule has 1 aromatic carbocycles. The van der Waals surface area contributed by atoms with Gasteiger partial charge < -0.3 is 5.32 Å². The monoisotopic (exact) mass is 249 g/mol. The maximum absolute atomic E-state index is 12.0. The van der Waals surface area contributed by atoms with Crippen molar-refractivity contribution >= 4 is 11.8 Å². The van der Waals surface area contributed by atoms with E-state index in [1.807, 2.05) is 19.9 Å². The molecular formula is C13H19N3O2. The highest BCUT2D eigenvalue weighted by atomic mass is 16.2. The van der Waals surface area contributed by atoms with Crippen molar-refractivity contribution in [2.45, 2.75) is 26.3 Å². The van der Waals surface area contributed by atoms with Crippen molar-refractivity contribution in [3.63, 3.8) is 0 Å². The fraction of sp³-hybridized carbons (Fsp3) is 0.385. The van der Waals surface area contributed by atoms with Gasteiger partial charge in [0.15, 0.2) is 0 Å². The van der Waals surface area contributed by atoms with Gasteiger partial charge in [-0.25, -0.2) is 5.84 Å². The van der Waals surface area contributed by atoms with Gasteiger partial charge in [0.2, 0.25) is 0 Å². The Balaban J connectivity index is 2.78. The van der Waals surface area contributed by atoms with Crippen molar-refractivity contribution in [2.24, 2.45) is 11.8 Å². The molecule has 0 aromatic heterocycles. The third kappa shape index (κ3) is 3.56. The second kappa shape index (κ2) is 6.76. The van der Waals surface area contributed by atoms with Crippen molar-refractivity contribution < 1.29 is 9.59 Å². The van der Waals surface area contributed by atoms with E-state index in [2.05, 4.69) is 10.7 Å². The largest absolute Gasteiger partial charge is 0.340 e. The number of amides is 2. The maximum Gasteiger partial charge on any atom is 0.256 e. The van der Waals surface area contributed by atoms with E-state index in [1.54, 1.807) is 24.3 Å². The van der Waals surface area contributed by atoms with E-state index in [0.717, 1.165) is 6.42 Å². The van der Waals surface area contributed by atoms with Gasteiger partial charge in [-0.1, -0.05) is 38.5 Å². The smallest absolute Gasteiger partial charge is 0.256 e. The molecule has 0 radical (unpaired) electrons. The van der Waals surface area contributed by atoms with Crippen LogP contribution in [-0.4, -0.2) is 17.9 Å². The maximum atomic E-state index is 12.0. The number of carbonyl (C=O) groups excluding carboxylic acids is 2. The Bertz CT molecular complexity index is 406. The molecule has 4 N–H and O–H groups in total. The van der Waals surface area contributed by atoms with Crippen molar-refractivity contribution in [2.75, 3.05) is 0 Å². The number of nitrogens with two attached hydrogens (primary N) is 1. The summed E-state index contributed by atoms with van der Waals surface area (Å²) in [4.78, 5) is 23.6. The van der Waals surface area contributed by atoms with Crippen LogP contribution < -0.4 is 16.6 Å². The highest BCUT2D eigenvalue weighted by molar-refractivity contribution is 5.97. The van der Waals surface area contributed by atoms with E-state index in [1.165, 1.54) is 0 Å². The van der Waals surface area contributed by atoms with Crippen LogP contribution in [0.2, 0.25) is 0 Å². The first-order chi connectivity index (χ1) is 8.60. The lowest BCUT2D eigenvalue weighted by molar-refractivity contribution is -0.124. The van der Waals surface area contributed by atoms with Gasteiger partial charge in [-0.2, -0.15) is 0 Å². The average molecular weight is 249 g/mol. The summed E-state index contributed by atoms with van der Waals surface area (Å²) < 4.78 is 0. The molecule has 2 atom stereocenters. The molecular weight excluding hydrogens is 230 g/mol. The van der Waals surface area contributed by atoms with E-state index in [4.69, 9.17) is 5.84 Å². The summed E-state index contributed by atoms with van der Waals surface area (Å²) in [6.45, 7) is 3.85. The minimum absolute atomic E-state index is 0.0150. The first kappa shape index (κ1) is 14.2. The lowest BCUT2D eigenvalue weighted by Gasteiger charge is -2.22. The van der Waals surface area contributed by atoms with Crippen molar-refractivity contribution in [1.29, 1.82) is 0 Å². The number of rotatable bonds is 5. The van der Waals surface area contributed by atoms with Gasteiger partial charge in [-0.05, 0) is 18.1 Å². The molecule has 98 valence electrons. The Morgan fingerprint density at radius 2 is 1.89 bits per heavy atom. The molecule has 0 heterocycles. The van der Waals surface area contributed by atoms with E-state index >= 15 is 0 Å². The van der Waals surface area contributed by atoms with Gasteiger partial charge in [-0.15, -0.1) is 0 Å². The number of hydrogen-bond acceptors (Lipinski definition) is 3. The molecule has 1 unspecified atom stereocenters. The van der Waals surface area contributed by atoms with Crippen LogP contribution in [0, 0.1) is 5.92 Å². The van der Waals surface area contributed by atoms with Crippen LogP contribution >= 0.6 is 0 Å². The number of benzene rings is 1. The SMILES string of the molecule is CCC(C)[C@H](NC(=O)c1ccccc1)C(=O)NN. The standard InChI is InChI=1S/C13H19N3O2/c1-3-9(2)11(13(18)16-14)15-12(17)10-7-5-4-6-8-10/h4-9,11H,3,14H2,1-2H3,(H,15,17)(H,16,18)/t9?,11-/m0/s1. The number of hydrogen-bond donors (Lipinski definition) is 3. The Kier molecular flexibility index (Phi) is 5.32. The molecule has 2 amide bonds. The van der Waals surface area contributed by atoms with Gasteiger partial charge in [-0.3, -0.25) is 15.0 Å². The Morgan fingerprint density at radius 3 is 2.39 bits per heavy atom. The molecule has 0 saturated heterocycles. The van der Waals surface area contributed by atoms with Gasteiger partial charge in [0.1, 0.15) is 6.04 Å². The fourth-order valence-corrected chi connectivity index (χ4v) is 1.61. The number of carbonyl (C=O) groups is 2. The third-order valence-corrected chi connectivity index (χ3v) is 2.96. The lowest BCUT2D eigenvalue weighted by Crippen LogP contribution is -2.52. The zero-order valence-corrected chi connectivity index (χ0v) is 10.6. The van der Waals surface area contributed by atoms with Gasteiger partial charge in [0, 0.05) is 5.56 Å². The zero-order chi connectivity index (χ0) is 13.5. The molecule has 0 aliphatic rings.